The van der Waals surface area contributed by atoms with Gasteiger partial charge >= 0.3 is 0 Å². The van der Waals surface area contributed by atoms with Crippen molar-refractivity contribution in [2.24, 2.45) is 0 Å². The fourth-order valence-corrected chi connectivity index (χ4v) is 2.00. The predicted molar refractivity (Wildman–Crippen MR) is 67.3 cm³/mol. The lowest BCUT2D eigenvalue weighted by Gasteiger charge is -2.17. The van der Waals surface area contributed by atoms with E-state index in [1.54, 1.807) is 6.07 Å². The Hall–Kier alpha value is -0.860. The van der Waals surface area contributed by atoms with Gasteiger partial charge in [0.1, 0.15) is 5.82 Å². The van der Waals surface area contributed by atoms with Crippen molar-refractivity contribution in [3.8, 4) is 0 Å². The molecule has 1 N–H and O–H groups in total. The van der Waals surface area contributed by atoms with E-state index >= 15 is 0 Å². The summed E-state index contributed by atoms with van der Waals surface area (Å²) < 4.78 is 12.9. The molecule has 3 heteroatoms. The molecule has 0 saturated heterocycles. The minimum absolute atomic E-state index is 0.174. The first-order chi connectivity index (χ1) is 7.69. The van der Waals surface area contributed by atoms with Crippen molar-refractivity contribution in [1.29, 1.82) is 0 Å². The summed E-state index contributed by atoms with van der Waals surface area (Å²) in [6.07, 6.45) is 4.90. The maximum atomic E-state index is 12.9. The molecule has 0 radical (unpaired) electrons. The molecule has 0 aromatic heterocycles. The molecule has 0 aliphatic carbocycles. The van der Waals surface area contributed by atoms with Crippen molar-refractivity contribution in [3.05, 3.63) is 47.3 Å². The Morgan fingerprint density at radius 1 is 1.56 bits per heavy atom. The van der Waals surface area contributed by atoms with Gasteiger partial charge in [0.2, 0.25) is 0 Å². The molecule has 1 nitrogen and oxygen atoms in total. The van der Waals surface area contributed by atoms with Crippen molar-refractivity contribution in [2.75, 3.05) is 7.05 Å². The van der Waals surface area contributed by atoms with Crippen LogP contribution < -0.4 is 5.32 Å². The van der Waals surface area contributed by atoms with Crippen LogP contribution in [0.1, 0.15) is 30.9 Å². The second-order valence-electron chi connectivity index (χ2n) is 3.73. The van der Waals surface area contributed by atoms with E-state index in [0.29, 0.717) is 5.02 Å². The molecule has 0 amide bonds. The van der Waals surface area contributed by atoms with Gasteiger partial charge in [-0.2, -0.15) is 0 Å². The van der Waals surface area contributed by atoms with E-state index in [9.17, 15) is 4.39 Å². The first-order valence-corrected chi connectivity index (χ1v) is 5.80. The third-order valence-electron chi connectivity index (χ3n) is 2.59. The molecule has 0 aliphatic heterocycles. The largest absolute Gasteiger partial charge is 0.313 e. The molecule has 0 aliphatic rings. The van der Waals surface area contributed by atoms with E-state index in [-0.39, 0.29) is 11.9 Å². The maximum absolute atomic E-state index is 12.9. The lowest BCUT2D eigenvalue weighted by atomic mass is 10.0. The molecular formula is C13H17ClFN. The van der Waals surface area contributed by atoms with Crippen LogP contribution in [0, 0.1) is 5.82 Å². The summed E-state index contributed by atoms with van der Waals surface area (Å²) >= 11 is 6.02. The molecular weight excluding hydrogens is 225 g/mol. The maximum Gasteiger partial charge on any atom is 0.124 e. The lowest BCUT2D eigenvalue weighted by Crippen LogP contribution is -2.16. The molecule has 16 heavy (non-hydrogen) atoms. The molecule has 1 unspecified atom stereocenters. The minimum Gasteiger partial charge on any atom is -0.313 e. The van der Waals surface area contributed by atoms with E-state index in [2.05, 4.69) is 11.9 Å². The molecule has 0 heterocycles. The topological polar surface area (TPSA) is 12.0 Å². The van der Waals surface area contributed by atoms with Crippen LogP contribution in [-0.2, 0) is 0 Å². The number of nitrogens with one attached hydrogen (secondary N) is 1. The highest BCUT2D eigenvalue weighted by atomic mass is 35.5. The number of unbranched alkanes of at least 4 members (excludes halogenated alkanes) is 1. The summed E-state index contributed by atoms with van der Waals surface area (Å²) in [6, 6.07) is 4.72. The lowest BCUT2D eigenvalue weighted by molar-refractivity contribution is 0.528. The van der Waals surface area contributed by atoms with Crippen LogP contribution in [-0.4, -0.2) is 7.05 Å². The molecule has 1 rings (SSSR count). The standard InChI is InChI=1S/C13H17ClFN/c1-3-4-5-6-13(16-2)11-8-7-10(15)9-12(11)14/h3,7-9,13,16H,1,4-6H2,2H3. The molecule has 0 bridgehead atoms. The quantitative estimate of drug-likeness (QED) is 0.584. The second kappa shape index (κ2) is 6.66. The van der Waals surface area contributed by atoms with Gasteiger partial charge in [0.05, 0.1) is 0 Å². The normalized spacial score (nSPS) is 12.4. The first-order valence-electron chi connectivity index (χ1n) is 5.42. The average molecular weight is 242 g/mol. The summed E-state index contributed by atoms with van der Waals surface area (Å²) in [5.74, 6) is -0.297. The summed E-state index contributed by atoms with van der Waals surface area (Å²) in [5, 5.41) is 3.68. The predicted octanol–water partition coefficient (Wildman–Crippen LogP) is 4.10. The van der Waals surface area contributed by atoms with Crippen LogP contribution >= 0.6 is 11.6 Å². The number of hydrogen-bond acceptors (Lipinski definition) is 1. The van der Waals surface area contributed by atoms with Gasteiger partial charge in [0.15, 0.2) is 0 Å². The van der Waals surface area contributed by atoms with Crippen LogP contribution in [0.4, 0.5) is 4.39 Å². The van der Waals surface area contributed by atoms with Crippen LogP contribution in [0.5, 0.6) is 0 Å². The summed E-state index contributed by atoms with van der Waals surface area (Å²) in [5.41, 5.74) is 0.953. The smallest absolute Gasteiger partial charge is 0.124 e. The van der Waals surface area contributed by atoms with Gasteiger partial charge in [0, 0.05) is 11.1 Å². The highest BCUT2D eigenvalue weighted by molar-refractivity contribution is 6.31. The Morgan fingerprint density at radius 2 is 2.31 bits per heavy atom. The number of allylic oxidation sites excluding steroid dienone is 1. The summed E-state index contributed by atoms with van der Waals surface area (Å²) in [6.45, 7) is 3.69. The highest BCUT2D eigenvalue weighted by Crippen LogP contribution is 2.27. The Labute approximate surface area is 101 Å². The van der Waals surface area contributed by atoms with Crippen molar-refractivity contribution < 1.29 is 4.39 Å². The molecule has 1 atom stereocenters. The highest BCUT2D eigenvalue weighted by Gasteiger charge is 2.12. The zero-order valence-electron chi connectivity index (χ0n) is 9.47. The van der Waals surface area contributed by atoms with Crippen LogP contribution in [0.25, 0.3) is 0 Å². The summed E-state index contributed by atoms with van der Waals surface area (Å²) in [4.78, 5) is 0. The first kappa shape index (κ1) is 13.2. The van der Waals surface area contributed by atoms with Crippen LogP contribution in [0.2, 0.25) is 5.02 Å². The fourth-order valence-electron chi connectivity index (χ4n) is 1.71. The van der Waals surface area contributed by atoms with Gasteiger partial charge in [-0.3, -0.25) is 0 Å². The second-order valence-corrected chi connectivity index (χ2v) is 4.13. The summed E-state index contributed by atoms with van der Waals surface area (Å²) in [7, 11) is 1.89. The third-order valence-corrected chi connectivity index (χ3v) is 2.91. The Kier molecular flexibility index (Phi) is 5.50. The number of hydrogen-bond donors (Lipinski definition) is 1. The molecule has 0 saturated carbocycles. The number of benzene rings is 1. The van der Waals surface area contributed by atoms with Gasteiger partial charge in [-0.25, -0.2) is 4.39 Å². The third kappa shape index (κ3) is 3.62. The van der Waals surface area contributed by atoms with Crippen LogP contribution in [0.15, 0.2) is 30.9 Å². The van der Waals surface area contributed by atoms with E-state index in [1.165, 1.54) is 12.1 Å². The van der Waals surface area contributed by atoms with E-state index < -0.39 is 0 Å². The Morgan fingerprint density at radius 3 is 2.88 bits per heavy atom. The number of rotatable bonds is 6. The van der Waals surface area contributed by atoms with Crippen molar-refractivity contribution >= 4 is 11.6 Å². The number of halogens is 2. The average Bonchev–Trinajstić information content (AvgIpc) is 2.26. The monoisotopic (exact) mass is 241 g/mol. The van der Waals surface area contributed by atoms with Gasteiger partial charge in [-0.15, -0.1) is 6.58 Å². The van der Waals surface area contributed by atoms with Gasteiger partial charge < -0.3 is 5.32 Å². The van der Waals surface area contributed by atoms with Crippen molar-refractivity contribution in [1.82, 2.24) is 5.32 Å². The van der Waals surface area contributed by atoms with Gasteiger partial charge in [-0.05, 0) is 44.0 Å². The molecule has 0 fully saturated rings. The SMILES string of the molecule is C=CCCCC(NC)c1ccc(F)cc1Cl. The Bertz CT molecular complexity index is 352. The van der Waals surface area contributed by atoms with Gasteiger partial charge in [-0.1, -0.05) is 23.7 Å². The fraction of sp³-hybridized carbons (Fsp3) is 0.385. The molecule has 1 aromatic carbocycles. The van der Waals surface area contributed by atoms with Crippen molar-refractivity contribution in [2.45, 2.75) is 25.3 Å². The minimum atomic E-state index is -0.297. The Balaban J connectivity index is 2.74. The van der Waals surface area contributed by atoms with Gasteiger partial charge in [0.25, 0.3) is 0 Å². The molecule has 0 spiro atoms. The van der Waals surface area contributed by atoms with Crippen molar-refractivity contribution in [3.63, 3.8) is 0 Å². The molecule has 1 aromatic rings. The van der Waals surface area contributed by atoms with E-state index in [4.69, 9.17) is 11.6 Å². The molecule has 88 valence electrons. The zero-order chi connectivity index (χ0) is 12.0. The van der Waals surface area contributed by atoms with Crippen LogP contribution in [0.3, 0.4) is 0 Å². The van der Waals surface area contributed by atoms with E-state index in [1.807, 2.05) is 13.1 Å². The van der Waals surface area contributed by atoms with E-state index in [0.717, 1.165) is 24.8 Å². The zero-order valence-corrected chi connectivity index (χ0v) is 10.2.